The molecule has 1 aliphatic heterocycles. The van der Waals surface area contributed by atoms with E-state index >= 15 is 0 Å². The Morgan fingerprint density at radius 3 is 2.68 bits per heavy atom. The molecule has 1 aliphatic carbocycles. The molecule has 2 aliphatic rings. The fourth-order valence-corrected chi connectivity index (χ4v) is 5.14. The molecule has 15 heteroatoms. The number of halogens is 2. The zero-order chi connectivity index (χ0) is 26.8. The number of alkyl halides is 2. The Balaban J connectivity index is 1.49. The van der Waals surface area contributed by atoms with Crippen LogP contribution in [0.1, 0.15) is 32.4 Å². The summed E-state index contributed by atoms with van der Waals surface area (Å²) in [6.07, 6.45) is -3.26. The number of ether oxygens (including phenoxy) is 2. The van der Waals surface area contributed by atoms with Crippen molar-refractivity contribution >= 4 is 19.5 Å². The van der Waals surface area contributed by atoms with Gasteiger partial charge in [0.1, 0.15) is 29.8 Å². The fraction of sp³-hybridized carbons (Fsp3) is 0.500. The van der Waals surface area contributed by atoms with Gasteiger partial charge in [0.05, 0.1) is 6.61 Å². The first-order valence-corrected chi connectivity index (χ1v) is 13.1. The van der Waals surface area contributed by atoms with Crippen molar-refractivity contribution < 1.29 is 41.8 Å². The van der Waals surface area contributed by atoms with Crippen LogP contribution in [0.15, 0.2) is 47.4 Å². The van der Waals surface area contributed by atoms with Crippen LogP contribution < -0.4 is 21.0 Å². The van der Waals surface area contributed by atoms with E-state index in [0.29, 0.717) is 4.57 Å². The molecule has 5 atom stereocenters. The Kier molecular flexibility index (Phi) is 7.95. The molecule has 0 bridgehead atoms. The van der Waals surface area contributed by atoms with E-state index in [9.17, 15) is 28.0 Å². The molecule has 0 spiro atoms. The summed E-state index contributed by atoms with van der Waals surface area (Å²) in [6.45, 7) is 0.545. The van der Waals surface area contributed by atoms with Crippen LogP contribution in [0.5, 0.6) is 5.75 Å². The van der Waals surface area contributed by atoms with Crippen LogP contribution in [0.25, 0.3) is 0 Å². The molecule has 1 aromatic carbocycles. The summed E-state index contributed by atoms with van der Waals surface area (Å²) in [6, 6.07) is 7.80. The van der Waals surface area contributed by atoms with Gasteiger partial charge < -0.3 is 24.8 Å². The maximum Gasteiger partial charge on any atom is 0.459 e. The number of nitrogens with one attached hydrogen (secondary N) is 1. The van der Waals surface area contributed by atoms with Gasteiger partial charge >= 0.3 is 25.3 Å². The number of para-hydroxylation sites is 1. The molecule has 4 rings (SSSR count). The molecule has 2 fully saturated rings. The smallest absolute Gasteiger partial charge is 0.459 e. The lowest BCUT2D eigenvalue weighted by Gasteiger charge is -2.28. The molecule has 2 heterocycles. The second-order valence-corrected chi connectivity index (χ2v) is 10.4. The molecule has 0 radical (unpaired) electrons. The SMILES string of the molecule is CC(NP(=O)(OC[C@H]1O[C@@H](n2ccc(N)nc2=O)C(F)(F)[C@@H]1O)Oc1ccccc1)C(=O)OC1CCC1. The monoisotopic (exact) mass is 544 g/mol. The Morgan fingerprint density at radius 2 is 2.05 bits per heavy atom. The molecule has 2 aromatic rings. The molecule has 202 valence electrons. The highest BCUT2D eigenvalue weighted by molar-refractivity contribution is 7.52. The molecule has 1 saturated heterocycles. The number of rotatable bonds is 10. The van der Waals surface area contributed by atoms with Gasteiger partial charge in [-0.05, 0) is 44.4 Å². The van der Waals surface area contributed by atoms with Gasteiger partial charge in [-0.15, -0.1) is 0 Å². The largest absolute Gasteiger partial charge is 0.461 e. The van der Waals surface area contributed by atoms with Gasteiger partial charge in [0.2, 0.25) is 6.23 Å². The van der Waals surface area contributed by atoms with E-state index in [4.69, 9.17) is 24.3 Å². The number of aromatic nitrogens is 2. The van der Waals surface area contributed by atoms with E-state index in [2.05, 4.69) is 10.1 Å². The number of hydrogen-bond acceptors (Lipinski definition) is 10. The first kappa shape index (κ1) is 27.1. The summed E-state index contributed by atoms with van der Waals surface area (Å²) in [7, 11) is -4.40. The van der Waals surface area contributed by atoms with E-state index < -0.39 is 56.4 Å². The lowest BCUT2D eigenvalue weighted by Crippen LogP contribution is -2.42. The molecular formula is C22H27F2N4O8P. The number of nitrogen functional groups attached to an aromatic ring is 1. The number of hydrogen-bond donors (Lipinski definition) is 3. The first-order chi connectivity index (χ1) is 17.5. The minimum absolute atomic E-state index is 0.105. The van der Waals surface area contributed by atoms with Crippen LogP contribution in [0.2, 0.25) is 0 Å². The van der Waals surface area contributed by atoms with Crippen LogP contribution in [-0.4, -0.2) is 57.5 Å². The van der Waals surface area contributed by atoms with Crippen molar-refractivity contribution in [1.29, 1.82) is 0 Å². The fourth-order valence-electron chi connectivity index (χ4n) is 3.64. The molecule has 12 nitrogen and oxygen atoms in total. The Morgan fingerprint density at radius 1 is 1.35 bits per heavy atom. The number of benzene rings is 1. The van der Waals surface area contributed by atoms with E-state index in [1.54, 1.807) is 18.2 Å². The molecule has 37 heavy (non-hydrogen) atoms. The lowest BCUT2D eigenvalue weighted by molar-refractivity contribution is -0.154. The van der Waals surface area contributed by atoms with Gasteiger partial charge in [0.25, 0.3) is 0 Å². The average Bonchev–Trinajstić information content (AvgIpc) is 3.04. The van der Waals surface area contributed by atoms with Crippen molar-refractivity contribution in [3.8, 4) is 5.75 Å². The quantitative estimate of drug-likeness (QED) is 0.296. The number of carbonyl (C=O) groups excluding carboxylic acids is 1. The number of aliphatic hydroxyl groups is 1. The van der Waals surface area contributed by atoms with E-state index in [-0.39, 0.29) is 17.7 Å². The maximum absolute atomic E-state index is 14.8. The number of nitrogens with zero attached hydrogens (tertiary/aromatic N) is 2. The molecule has 2 unspecified atom stereocenters. The number of nitrogens with two attached hydrogens (primary N) is 1. The predicted molar refractivity (Wildman–Crippen MR) is 125 cm³/mol. The van der Waals surface area contributed by atoms with Gasteiger partial charge in [-0.25, -0.2) is 9.36 Å². The summed E-state index contributed by atoms with van der Waals surface area (Å²) in [4.78, 5) is 27.9. The number of anilines is 1. The number of esters is 1. The predicted octanol–water partition coefficient (Wildman–Crippen LogP) is 2.00. The zero-order valence-corrected chi connectivity index (χ0v) is 20.6. The Bertz CT molecular complexity index is 1210. The molecule has 1 saturated carbocycles. The maximum atomic E-state index is 14.8. The van der Waals surface area contributed by atoms with Crippen molar-refractivity contribution in [3.63, 3.8) is 0 Å². The van der Waals surface area contributed by atoms with Crippen LogP contribution >= 0.6 is 7.75 Å². The lowest BCUT2D eigenvalue weighted by atomic mass is 9.96. The van der Waals surface area contributed by atoms with Gasteiger partial charge in [0, 0.05) is 6.20 Å². The summed E-state index contributed by atoms with van der Waals surface area (Å²) in [5.41, 5.74) is 4.28. The third kappa shape index (κ3) is 6.16. The Hall–Kier alpha value is -2.90. The van der Waals surface area contributed by atoms with Crippen molar-refractivity contribution in [2.24, 2.45) is 0 Å². The normalized spacial score (nSPS) is 25.6. The van der Waals surface area contributed by atoms with Gasteiger partial charge in [-0.2, -0.15) is 18.9 Å². The van der Waals surface area contributed by atoms with Crippen LogP contribution in [0, 0.1) is 0 Å². The average molecular weight is 544 g/mol. The zero-order valence-electron chi connectivity index (χ0n) is 19.7. The summed E-state index contributed by atoms with van der Waals surface area (Å²) in [5.74, 6) is -4.71. The highest BCUT2D eigenvalue weighted by Gasteiger charge is 2.60. The van der Waals surface area contributed by atoms with Crippen LogP contribution in [0.4, 0.5) is 14.6 Å². The van der Waals surface area contributed by atoms with E-state index in [0.717, 1.165) is 31.5 Å². The summed E-state index contributed by atoms with van der Waals surface area (Å²) in [5, 5.41) is 12.7. The van der Waals surface area contributed by atoms with E-state index in [1.165, 1.54) is 19.1 Å². The minimum atomic E-state index is -4.40. The standard InChI is InChI=1S/C22H27F2N4O8P/c1-13(19(30)34-14-8-5-9-14)27-37(32,36-15-6-3-2-4-7-15)33-12-16-18(29)22(23,24)20(35-16)28-11-10-17(25)26-21(28)31/h2-4,6-7,10-11,13-14,16,18,20,29H,5,8-9,12H2,1H3,(H,27,32)(H2,25,26,31)/t13?,16-,18-,20-,37?/m1/s1. The number of aliphatic hydroxyl groups excluding tert-OH is 1. The third-order valence-electron chi connectivity index (χ3n) is 5.90. The van der Waals surface area contributed by atoms with Crippen molar-refractivity contribution in [2.75, 3.05) is 12.3 Å². The van der Waals surface area contributed by atoms with Crippen molar-refractivity contribution in [2.45, 2.75) is 62.7 Å². The minimum Gasteiger partial charge on any atom is -0.461 e. The van der Waals surface area contributed by atoms with Gasteiger partial charge in [0.15, 0.2) is 6.10 Å². The van der Waals surface area contributed by atoms with Crippen LogP contribution in [-0.2, 0) is 23.4 Å². The highest BCUT2D eigenvalue weighted by Crippen LogP contribution is 2.48. The molecular weight excluding hydrogens is 517 g/mol. The summed E-state index contributed by atoms with van der Waals surface area (Å²) < 4.78 is 65.1. The van der Waals surface area contributed by atoms with Crippen molar-refractivity contribution in [3.05, 3.63) is 53.1 Å². The topological polar surface area (TPSA) is 164 Å². The molecule has 0 amide bonds. The second kappa shape index (κ2) is 10.8. The van der Waals surface area contributed by atoms with Crippen molar-refractivity contribution in [1.82, 2.24) is 14.6 Å². The van der Waals surface area contributed by atoms with Gasteiger partial charge in [-0.3, -0.25) is 13.9 Å². The molecule has 4 N–H and O–H groups in total. The second-order valence-electron chi connectivity index (χ2n) is 8.73. The first-order valence-electron chi connectivity index (χ1n) is 11.5. The number of carbonyl (C=O) groups is 1. The third-order valence-corrected chi connectivity index (χ3v) is 7.55. The Labute approximate surface area is 210 Å². The van der Waals surface area contributed by atoms with Gasteiger partial charge in [-0.1, -0.05) is 18.2 Å². The van der Waals surface area contributed by atoms with E-state index in [1.807, 2.05) is 0 Å². The summed E-state index contributed by atoms with van der Waals surface area (Å²) >= 11 is 0. The highest BCUT2D eigenvalue weighted by atomic mass is 31.2. The van der Waals surface area contributed by atoms with Crippen LogP contribution in [0.3, 0.4) is 0 Å². The molecule has 1 aromatic heterocycles.